The second-order valence-corrected chi connectivity index (χ2v) is 7.03. The van der Waals surface area contributed by atoms with E-state index in [1.165, 1.54) is 0 Å². The van der Waals surface area contributed by atoms with Crippen LogP contribution in [0.3, 0.4) is 0 Å². The van der Waals surface area contributed by atoms with Crippen molar-refractivity contribution >= 4 is 38.6 Å². The third-order valence-electron chi connectivity index (χ3n) is 4.26. The molecule has 0 heterocycles. The van der Waals surface area contributed by atoms with E-state index in [0.717, 1.165) is 28.1 Å². The molecule has 0 radical (unpaired) electrons. The number of nitrogens with one attached hydrogen (secondary N) is 1. The lowest BCUT2D eigenvalue weighted by Gasteiger charge is -2.13. The monoisotopic (exact) mass is 405 g/mol. The van der Waals surface area contributed by atoms with Crippen molar-refractivity contribution in [3.8, 4) is 5.75 Å². The molecular weight excluding hydrogens is 386 g/mol. The quantitative estimate of drug-likeness (QED) is 0.716. The highest BCUT2D eigenvalue weighted by Crippen LogP contribution is 2.33. The van der Waals surface area contributed by atoms with Gasteiger partial charge < -0.3 is 14.8 Å². The molecule has 1 amide bonds. The van der Waals surface area contributed by atoms with Crippen LogP contribution in [0.1, 0.15) is 19.8 Å². The Morgan fingerprint density at radius 3 is 2.72 bits per heavy atom. The molecule has 132 valence electrons. The Morgan fingerprint density at radius 1 is 1.20 bits per heavy atom. The maximum absolute atomic E-state index is 11.8. The third-order valence-corrected chi connectivity index (χ3v) is 5.07. The zero-order valence-corrected chi connectivity index (χ0v) is 15.5. The van der Waals surface area contributed by atoms with Crippen LogP contribution in [0.15, 0.2) is 40.9 Å². The molecule has 0 aromatic heterocycles. The van der Waals surface area contributed by atoms with E-state index in [1.807, 2.05) is 37.3 Å². The Labute approximate surface area is 154 Å². The molecule has 3 rings (SSSR count). The fourth-order valence-electron chi connectivity index (χ4n) is 2.66. The number of benzene rings is 2. The highest BCUT2D eigenvalue weighted by molar-refractivity contribution is 9.10. The van der Waals surface area contributed by atoms with Crippen molar-refractivity contribution in [2.24, 2.45) is 5.92 Å². The van der Waals surface area contributed by atoms with Gasteiger partial charge in [0.1, 0.15) is 5.75 Å². The van der Waals surface area contributed by atoms with Crippen LogP contribution >= 0.6 is 15.9 Å². The Kier molecular flexibility index (Phi) is 5.58. The predicted octanol–water partition coefficient (Wildman–Crippen LogP) is 3.44. The molecule has 1 N–H and O–H groups in total. The summed E-state index contributed by atoms with van der Waals surface area (Å²) in [7, 11) is 0. The van der Waals surface area contributed by atoms with Gasteiger partial charge in [0, 0.05) is 6.04 Å². The summed E-state index contributed by atoms with van der Waals surface area (Å²) in [5.41, 5.74) is 0. The number of amides is 1. The highest BCUT2D eigenvalue weighted by Gasteiger charge is 2.28. The van der Waals surface area contributed by atoms with Crippen LogP contribution in [0.5, 0.6) is 5.75 Å². The predicted molar refractivity (Wildman–Crippen MR) is 98.4 cm³/mol. The minimum Gasteiger partial charge on any atom is -0.481 e. The van der Waals surface area contributed by atoms with E-state index < -0.39 is 5.97 Å². The maximum atomic E-state index is 11.8. The fraction of sp³-hybridized carbons (Fsp3) is 0.368. The lowest BCUT2D eigenvalue weighted by Crippen LogP contribution is -2.37. The van der Waals surface area contributed by atoms with Gasteiger partial charge in [0.05, 0.1) is 4.47 Å². The molecule has 1 aliphatic carbocycles. The number of halogens is 1. The largest absolute Gasteiger partial charge is 0.481 e. The lowest BCUT2D eigenvalue weighted by molar-refractivity contribution is -0.150. The molecule has 5 nitrogen and oxygen atoms in total. The van der Waals surface area contributed by atoms with Gasteiger partial charge in [-0.25, -0.2) is 4.79 Å². The Hall–Kier alpha value is -2.08. The molecule has 2 aromatic rings. The molecule has 6 heteroatoms. The van der Waals surface area contributed by atoms with E-state index in [0.29, 0.717) is 11.7 Å². The summed E-state index contributed by atoms with van der Waals surface area (Å²) >= 11 is 3.50. The average Bonchev–Trinajstić information content (AvgIpc) is 3.45. The van der Waals surface area contributed by atoms with Gasteiger partial charge in [-0.2, -0.15) is 0 Å². The number of ether oxygens (including phenoxy) is 2. The first-order valence-electron chi connectivity index (χ1n) is 8.29. The third kappa shape index (κ3) is 4.72. The minimum atomic E-state index is -0.575. The van der Waals surface area contributed by atoms with Crippen molar-refractivity contribution in [3.05, 3.63) is 40.9 Å². The van der Waals surface area contributed by atoms with E-state index in [-0.39, 0.29) is 25.2 Å². The average molecular weight is 406 g/mol. The number of hydrogen-bond donors (Lipinski definition) is 1. The summed E-state index contributed by atoms with van der Waals surface area (Å²) < 4.78 is 11.3. The zero-order valence-electron chi connectivity index (χ0n) is 14.0. The highest BCUT2D eigenvalue weighted by atomic mass is 79.9. The second kappa shape index (κ2) is 7.87. The van der Waals surface area contributed by atoms with Gasteiger partial charge in [-0.3, -0.25) is 4.79 Å². The Balaban J connectivity index is 1.47. The number of fused-ring (bicyclic) bond motifs is 1. The molecule has 1 fully saturated rings. The van der Waals surface area contributed by atoms with Gasteiger partial charge in [0.25, 0.3) is 5.91 Å². The number of esters is 1. The van der Waals surface area contributed by atoms with Crippen molar-refractivity contribution in [2.75, 3.05) is 13.2 Å². The molecule has 2 aromatic carbocycles. The van der Waals surface area contributed by atoms with E-state index >= 15 is 0 Å². The van der Waals surface area contributed by atoms with Gasteiger partial charge in [-0.1, -0.05) is 30.3 Å². The van der Waals surface area contributed by atoms with E-state index in [4.69, 9.17) is 9.47 Å². The number of rotatable bonds is 7. The van der Waals surface area contributed by atoms with Gasteiger partial charge >= 0.3 is 5.97 Å². The summed E-state index contributed by atoms with van der Waals surface area (Å²) in [6, 6.07) is 11.7. The zero-order chi connectivity index (χ0) is 17.8. The van der Waals surface area contributed by atoms with Crippen LogP contribution in [0.25, 0.3) is 10.8 Å². The van der Waals surface area contributed by atoms with Crippen molar-refractivity contribution in [2.45, 2.75) is 25.8 Å². The van der Waals surface area contributed by atoms with Crippen LogP contribution in [0.4, 0.5) is 0 Å². The van der Waals surface area contributed by atoms with Crippen LogP contribution < -0.4 is 10.1 Å². The molecule has 1 saturated carbocycles. The van der Waals surface area contributed by atoms with Gasteiger partial charge in [0.15, 0.2) is 13.2 Å². The molecule has 0 aliphatic heterocycles. The second-order valence-electron chi connectivity index (χ2n) is 6.24. The lowest BCUT2D eigenvalue weighted by atomic mass is 10.1. The molecule has 0 spiro atoms. The molecule has 25 heavy (non-hydrogen) atoms. The molecule has 0 bridgehead atoms. The molecule has 0 unspecified atom stereocenters. The summed E-state index contributed by atoms with van der Waals surface area (Å²) in [5, 5.41) is 4.91. The van der Waals surface area contributed by atoms with Crippen molar-refractivity contribution in [3.63, 3.8) is 0 Å². The number of carbonyl (C=O) groups is 2. The smallest absolute Gasteiger partial charge is 0.344 e. The fourth-order valence-corrected chi connectivity index (χ4v) is 3.27. The summed E-state index contributed by atoms with van der Waals surface area (Å²) in [6.07, 6.45) is 2.30. The first-order valence-corrected chi connectivity index (χ1v) is 9.09. The minimum absolute atomic E-state index is 0.135. The normalized spacial score (nSPS) is 14.8. The summed E-state index contributed by atoms with van der Waals surface area (Å²) in [5.74, 6) is 0.268. The van der Waals surface area contributed by atoms with Gasteiger partial charge in [-0.05, 0) is 58.5 Å². The van der Waals surface area contributed by atoms with Crippen molar-refractivity contribution in [1.82, 2.24) is 5.32 Å². The number of hydrogen-bond acceptors (Lipinski definition) is 4. The van der Waals surface area contributed by atoms with Crippen LogP contribution in [-0.2, 0) is 14.3 Å². The summed E-state index contributed by atoms with van der Waals surface area (Å²) in [6.45, 7) is 1.44. The molecule has 1 atom stereocenters. The molecule has 1 aliphatic rings. The van der Waals surface area contributed by atoms with Gasteiger partial charge in [0.2, 0.25) is 0 Å². The van der Waals surface area contributed by atoms with E-state index in [9.17, 15) is 9.59 Å². The standard InChI is InChI=1S/C19H20BrNO4/c1-12(13-6-7-13)21-17(22)10-25-18(23)11-24-16-9-8-14-4-2-3-5-15(14)19(16)20/h2-5,8-9,12-13H,6-7,10-11H2,1H3,(H,21,22)/t12-/m0/s1. The van der Waals surface area contributed by atoms with Crippen LogP contribution in [0, 0.1) is 5.92 Å². The maximum Gasteiger partial charge on any atom is 0.344 e. The first-order chi connectivity index (χ1) is 12.0. The SMILES string of the molecule is C[C@H](NC(=O)COC(=O)COc1ccc2ccccc2c1Br)C1CC1. The van der Waals surface area contributed by atoms with E-state index in [1.54, 1.807) is 6.07 Å². The summed E-state index contributed by atoms with van der Waals surface area (Å²) in [4.78, 5) is 23.5. The van der Waals surface area contributed by atoms with Crippen molar-refractivity contribution in [1.29, 1.82) is 0 Å². The Morgan fingerprint density at radius 2 is 1.96 bits per heavy atom. The van der Waals surface area contributed by atoms with Crippen molar-refractivity contribution < 1.29 is 19.1 Å². The van der Waals surface area contributed by atoms with Gasteiger partial charge in [-0.15, -0.1) is 0 Å². The Bertz CT molecular complexity index is 788. The van der Waals surface area contributed by atoms with E-state index in [2.05, 4.69) is 21.2 Å². The topological polar surface area (TPSA) is 64.6 Å². The molecular formula is C19H20BrNO4. The van der Waals surface area contributed by atoms with Crippen LogP contribution in [0.2, 0.25) is 0 Å². The molecule has 0 saturated heterocycles. The first kappa shape index (κ1) is 17.7. The van der Waals surface area contributed by atoms with Crippen LogP contribution in [-0.4, -0.2) is 31.1 Å². The number of carbonyl (C=O) groups excluding carboxylic acids is 2.